The van der Waals surface area contributed by atoms with Gasteiger partial charge in [-0.2, -0.15) is 0 Å². The normalized spacial score (nSPS) is 12.3. The molecule has 1 rings (SSSR count). The Morgan fingerprint density at radius 2 is 1.85 bits per heavy atom. The zero-order valence-corrected chi connectivity index (χ0v) is 19.2. The molecule has 3 N–H and O–H groups in total. The van der Waals surface area contributed by atoms with Gasteiger partial charge in [-0.1, -0.05) is 42.5 Å². The molecule has 0 heterocycles. The van der Waals surface area contributed by atoms with Crippen LogP contribution in [0.3, 0.4) is 0 Å². The molecule has 8 nitrogen and oxygen atoms in total. The first-order chi connectivity index (χ1) is 16.0. The number of aliphatic hydroxyl groups excluding tert-OH is 1. The van der Waals surface area contributed by atoms with Gasteiger partial charge in [-0.25, -0.2) is 0 Å². The van der Waals surface area contributed by atoms with Gasteiger partial charge in [0, 0.05) is 19.4 Å². The third kappa shape index (κ3) is 12.6. The van der Waals surface area contributed by atoms with Crippen LogP contribution < -0.4 is 10.6 Å². The van der Waals surface area contributed by atoms with Gasteiger partial charge < -0.3 is 25.2 Å². The summed E-state index contributed by atoms with van der Waals surface area (Å²) in [5, 5.41) is 14.3. The standard InChI is InChI=1S/C25H36N2O6/c1-3-5-7-13-24(30)33-19-22(20-11-8-6-9-12-20)27-25(31)21(10-4-2)18-23(29)26-14-16-32-17-15-28/h3-4,6,8-9,11-12,21-22,28H,1-2,5,7,10,13-19H2,(H,26,29)(H,27,31)/t21-,22-/m0/s1. The van der Waals surface area contributed by atoms with Crippen molar-refractivity contribution in [3.63, 3.8) is 0 Å². The maximum Gasteiger partial charge on any atom is 0.305 e. The molecule has 0 aliphatic rings. The fourth-order valence-electron chi connectivity index (χ4n) is 3.04. The van der Waals surface area contributed by atoms with Crippen molar-refractivity contribution >= 4 is 17.8 Å². The van der Waals surface area contributed by atoms with E-state index in [-0.39, 0.29) is 63.6 Å². The van der Waals surface area contributed by atoms with E-state index in [9.17, 15) is 14.4 Å². The topological polar surface area (TPSA) is 114 Å². The van der Waals surface area contributed by atoms with Gasteiger partial charge in [-0.05, 0) is 24.8 Å². The predicted molar refractivity (Wildman–Crippen MR) is 126 cm³/mol. The number of rotatable bonds is 18. The van der Waals surface area contributed by atoms with Crippen LogP contribution in [0.5, 0.6) is 0 Å². The summed E-state index contributed by atoms with van der Waals surface area (Å²) >= 11 is 0. The molecule has 33 heavy (non-hydrogen) atoms. The maximum atomic E-state index is 13.0. The first kappa shape index (κ1) is 28.1. The van der Waals surface area contributed by atoms with E-state index < -0.39 is 12.0 Å². The van der Waals surface area contributed by atoms with E-state index in [1.165, 1.54) is 0 Å². The van der Waals surface area contributed by atoms with Crippen LogP contribution in [0.1, 0.15) is 43.7 Å². The smallest absolute Gasteiger partial charge is 0.305 e. The lowest BCUT2D eigenvalue weighted by atomic mass is 9.98. The van der Waals surface area contributed by atoms with E-state index >= 15 is 0 Å². The molecule has 182 valence electrons. The molecule has 0 spiro atoms. The highest BCUT2D eigenvalue weighted by Crippen LogP contribution is 2.17. The molecule has 0 bridgehead atoms. The fourth-order valence-corrected chi connectivity index (χ4v) is 3.04. The first-order valence-corrected chi connectivity index (χ1v) is 11.2. The number of unbranched alkanes of at least 4 members (excludes halogenated alkanes) is 1. The summed E-state index contributed by atoms with van der Waals surface area (Å²) in [6.45, 7) is 8.01. The van der Waals surface area contributed by atoms with Crippen LogP contribution in [0, 0.1) is 5.92 Å². The second kappa shape index (κ2) is 17.6. The number of hydrogen-bond donors (Lipinski definition) is 3. The summed E-state index contributed by atoms with van der Waals surface area (Å²) < 4.78 is 10.5. The van der Waals surface area contributed by atoms with Crippen molar-refractivity contribution in [1.82, 2.24) is 10.6 Å². The van der Waals surface area contributed by atoms with Crippen LogP contribution in [0.4, 0.5) is 0 Å². The number of carbonyl (C=O) groups excluding carboxylic acids is 3. The lowest BCUT2D eigenvalue weighted by Crippen LogP contribution is -2.39. The molecule has 1 aromatic carbocycles. The van der Waals surface area contributed by atoms with Gasteiger partial charge in [0.1, 0.15) is 6.61 Å². The Morgan fingerprint density at radius 1 is 1.09 bits per heavy atom. The number of nitrogens with one attached hydrogen (secondary N) is 2. The molecule has 2 amide bonds. The SMILES string of the molecule is C=CCCCC(=O)OC[C@H](NC(=O)[C@@H](CC=C)CC(=O)NCCOCCO)c1ccccc1. The van der Waals surface area contributed by atoms with Crippen molar-refractivity contribution in [2.75, 3.05) is 33.0 Å². The number of carbonyl (C=O) groups is 3. The van der Waals surface area contributed by atoms with E-state index in [4.69, 9.17) is 14.6 Å². The van der Waals surface area contributed by atoms with Crippen molar-refractivity contribution < 1.29 is 29.0 Å². The molecule has 0 saturated carbocycles. The molecule has 0 aromatic heterocycles. The number of hydrogen-bond acceptors (Lipinski definition) is 6. The Morgan fingerprint density at radius 3 is 2.52 bits per heavy atom. The van der Waals surface area contributed by atoms with Crippen LogP contribution in [-0.2, 0) is 23.9 Å². The van der Waals surface area contributed by atoms with Gasteiger partial charge >= 0.3 is 5.97 Å². The van der Waals surface area contributed by atoms with Crippen molar-refractivity contribution in [3.05, 3.63) is 61.2 Å². The van der Waals surface area contributed by atoms with Gasteiger partial charge in [0.2, 0.25) is 11.8 Å². The molecule has 0 unspecified atom stereocenters. The van der Waals surface area contributed by atoms with Gasteiger partial charge in [0.15, 0.2) is 0 Å². The number of benzene rings is 1. The quantitative estimate of drug-likeness (QED) is 0.176. The minimum atomic E-state index is -0.615. The minimum Gasteiger partial charge on any atom is -0.463 e. The number of aliphatic hydroxyl groups is 1. The monoisotopic (exact) mass is 460 g/mol. The minimum absolute atomic E-state index is 0.00211. The lowest BCUT2D eigenvalue weighted by Gasteiger charge is -2.22. The zero-order chi connectivity index (χ0) is 24.3. The summed E-state index contributed by atoms with van der Waals surface area (Å²) in [5.74, 6) is -1.56. The van der Waals surface area contributed by atoms with Crippen molar-refractivity contribution in [2.24, 2.45) is 5.92 Å². The van der Waals surface area contributed by atoms with E-state index in [1.807, 2.05) is 30.3 Å². The number of esters is 1. The summed E-state index contributed by atoms with van der Waals surface area (Å²) in [6, 6.07) is 8.70. The van der Waals surface area contributed by atoms with Crippen molar-refractivity contribution in [1.29, 1.82) is 0 Å². The molecule has 1 aromatic rings. The average molecular weight is 461 g/mol. The van der Waals surface area contributed by atoms with E-state index in [0.29, 0.717) is 12.8 Å². The zero-order valence-electron chi connectivity index (χ0n) is 19.2. The third-order valence-corrected chi connectivity index (χ3v) is 4.78. The predicted octanol–water partition coefficient (Wildman–Crippen LogP) is 2.45. The molecule has 8 heteroatoms. The van der Waals surface area contributed by atoms with Crippen LogP contribution in [-0.4, -0.2) is 55.9 Å². The number of allylic oxidation sites excluding steroid dienone is 2. The summed E-state index contributed by atoms with van der Waals surface area (Å²) in [6.07, 6.45) is 5.32. The molecule has 0 aliphatic carbocycles. The molecule has 2 atom stereocenters. The van der Waals surface area contributed by atoms with Gasteiger partial charge in [-0.3, -0.25) is 14.4 Å². The Bertz CT molecular complexity index is 738. The van der Waals surface area contributed by atoms with Gasteiger partial charge in [0.25, 0.3) is 0 Å². The summed E-state index contributed by atoms with van der Waals surface area (Å²) in [4.78, 5) is 37.3. The molecular weight excluding hydrogens is 424 g/mol. The molecule has 0 aliphatic heterocycles. The first-order valence-electron chi connectivity index (χ1n) is 11.2. The molecular formula is C25H36N2O6. The van der Waals surface area contributed by atoms with Crippen LogP contribution in [0.2, 0.25) is 0 Å². The van der Waals surface area contributed by atoms with Crippen LogP contribution in [0.25, 0.3) is 0 Å². The highest BCUT2D eigenvalue weighted by molar-refractivity contribution is 5.86. The fraction of sp³-hybridized carbons (Fsp3) is 0.480. The highest BCUT2D eigenvalue weighted by atomic mass is 16.5. The number of amides is 2. The third-order valence-electron chi connectivity index (χ3n) is 4.78. The van der Waals surface area contributed by atoms with E-state index in [2.05, 4.69) is 23.8 Å². The maximum absolute atomic E-state index is 13.0. The summed E-state index contributed by atoms with van der Waals surface area (Å²) in [7, 11) is 0. The lowest BCUT2D eigenvalue weighted by molar-refractivity contribution is -0.145. The van der Waals surface area contributed by atoms with Gasteiger partial charge in [-0.15, -0.1) is 13.2 Å². The Balaban J connectivity index is 2.70. The van der Waals surface area contributed by atoms with Crippen LogP contribution in [0.15, 0.2) is 55.6 Å². The van der Waals surface area contributed by atoms with Gasteiger partial charge in [0.05, 0.1) is 31.8 Å². The Hall–Kier alpha value is -2.97. The molecule has 0 radical (unpaired) electrons. The van der Waals surface area contributed by atoms with E-state index in [1.54, 1.807) is 12.2 Å². The molecule has 0 saturated heterocycles. The number of ether oxygens (including phenoxy) is 2. The summed E-state index contributed by atoms with van der Waals surface area (Å²) in [5.41, 5.74) is 0.799. The van der Waals surface area contributed by atoms with Crippen molar-refractivity contribution in [2.45, 2.75) is 38.1 Å². The largest absolute Gasteiger partial charge is 0.463 e. The second-order valence-corrected chi connectivity index (χ2v) is 7.45. The van der Waals surface area contributed by atoms with E-state index in [0.717, 1.165) is 12.0 Å². The second-order valence-electron chi connectivity index (χ2n) is 7.45. The Kier molecular flexibility index (Phi) is 14.9. The highest BCUT2D eigenvalue weighted by Gasteiger charge is 2.24. The van der Waals surface area contributed by atoms with Crippen molar-refractivity contribution in [3.8, 4) is 0 Å². The van der Waals surface area contributed by atoms with Crippen LogP contribution >= 0.6 is 0 Å². The Labute approximate surface area is 196 Å². The average Bonchev–Trinajstić information content (AvgIpc) is 2.82. The molecule has 0 fully saturated rings.